The van der Waals surface area contributed by atoms with Gasteiger partial charge in [-0.05, 0) is 18.6 Å². The van der Waals surface area contributed by atoms with Crippen molar-refractivity contribution in [1.29, 1.82) is 0 Å². The van der Waals surface area contributed by atoms with Crippen molar-refractivity contribution >= 4 is 0 Å². The van der Waals surface area contributed by atoms with E-state index in [0.717, 1.165) is 0 Å². The molecule has 3 nitrogen and oxygen atoms in total. The van der Waals surface area contributed by atoms with E-state index in [-0.39, 0.29) is 5.56 Å². The number of halogens is 2. The van der Waals surface area contributed by atoms with E-state index < -0.39 is 23.3 Å². The van der Waals surface area contributed by atoms with Gasteiger partial charge in [-0.2, -0.15) is 0 Å². The molecule has 0 radical (unpaired) electrons. The molecule has 0 spiro atoms. The minimum atomic E-state index is -1.35. The van der Waals surface area contributed by atoms with E-state index in [1.165, 1.54) is 26.2 Å². The highest BCUT2D eigenvalue weighted by atomic mass is 19.1. The second-order valence-electron chi connectivity index (χ2n) is 4.88. The molecule has 1 heterocycles. The van der Waals surface area contributed by atoms with Gasteiger partial charge < -0.3 is 14.6 Å². The van der Waals surface area contributed by atoms with Crippen LogP contribution in [0.1, 0.15) is 30.1 Å². The lowest BCUT2D eigenvalue weighted by molar-refractivity contribution is -0.156. The number of hydrogen-bond acceptors (Lipinski definition) is 3. The highest BCUT2D eigenvalue weighted by Gasteiger charge is 2.43. The molecule has 1 aliphatic heterocycles. The van der Waals surface area contributed by atoms with Gasteiger partial charge >= 0.3 is 0 Å². The molecule has 106 valence electrons. The zero-order chi connectivity index (χ0) is 14.0. The highest BCUT2D eigenvalue weighted by molar-refractivity contribution is 5.30. The molecule has 0 aliphatic carbocycles. The first kappa shape index (κ1) is 14.4. The quantitative estimate of drug-likeness (QED) is 0.919. The van der Waals surface area contributed by atoms with Gasteiger partial charge in [0.1, 0.15) is 23.3 Å². The van der Waals surface area contributed by atoms with Crippen molar-refractivity contribution in [2.24, 2.45) is 0 Å². The van der Waals surface area contributed by atoms with Crippen LogP contribution in [0.2, 0.25) is 0 Å². The molecule has 1 saturated heterocycles. The fourth-order valence-electron chi connectivity index (χ4n) is 2.50. The lowest BCUT2D eigenvalue weighted by Gasteiger charge is -2.40. The maximum Gasteiger partial charge on any atom is 0.134 e. The smallest absolute Gasteiger partial charge is 0.134 e. The summed E-state index contributed by atoms with van der Waals surface area (Å²) >= 11 is 0. The molecule has 1 aliphatic rings. The predicted molar refractivity (Wildman–Crippen MR) is 65.8 cm³/mol. The van der Waals surface area contributed by atoms with Crippen LogP contribution in [0.3, 0.4) is 0 Å². The number of aliphatic hydroxyl groups excluding tert-OH is 1. The van der Waals surface area contributed by atoms with E-state index >= 15 is 0 Å². The Morgan fingerprint density at radius 2 is 1.95 bits per heavy atom. The molecule has 0 aromatic heterocycles. The molecule has 2 rings (SSSR count). The zero-order valence-electron chi connectivity index (χ0n) is 11.1. The van der Waals surface area contributed by atoms with Crippen molar-refractivity contribution in [2.45, 2.75) is 31.5 Å². The van der Waals surface area contributed by atoms with E-state index in [1.807, 2.05) is 0 Å². The fraction of sp³-hybridized carbons (Fsp3) is 0.571. The van der Waals surface area contributed by atoms with Crippen molar-refractivity contribution in [3.63, 3.8) is 0 Å². The lowest BCUT2D eigenvalue weighted by Crippen LogP contribution is -2.44. The molecule has 1 fully saturated rings. The maximum atomic E-state index is 14.1. The third kappa shape index (κ3) is 2.50. The Kier molecular flexibility index (Phi) is 4.18. The molecule has 1 unspecified atom stereocenters. The van der Waals surface area contributed by atoms with E-state index in [0.29, 0.717) is 31.6 Å². The Balaban J connectivity index is 2.42. The number of ether oxygens (including phenoxy) is 2. The summed E-state index contributed by atoms with van der Waals surface area (Å²) in [5.41, 5.74) is -1.01. The molecule has 1 aromatic carbocycles. The van der Waals surface area contributed by atoms with Gasteiger partial charge in [0, 0.05) is 33.2 Å². The summed E-state index contributed by atoms with van der Waals surface area (Å²) < 4.78 is 38.5. The van der Waals surface area contributed by atoms with Gasteiger partial charge in [0.25, 0.3) is 0 Å². The number of aliphatic hydroxyl groups is 1. The number of aryl methyl sites for hydroxylation is 1. The molecule has 19 heavy (non-hydrogen) atoms. The number of rotatable bonds is 3. The lowest BCUT2D eigenvalue weighted by atomic mass is 9.83. The van der Waals surface area contributed by atoms with Crippen molar-refractivity contribution < 1.29 is 23.4 Å². The van der Waals surface area contributed by atoms with Crippen LogP contribution < -0.4 is 0 Å². The second kappa shape index (κ2) is 5.53. The van der Waals surface area contributed by atoms with Gasteiger partial charge in [-0.1, -0.05) is 6.07 Å². The third-order valence-corrected chi connectivity index (χ3v) is 3.84. The van der Waals surface area contributed by atoms with E-state index in [9.17, 15) is 13.9 Å². The molecule has 0 saturated carbocycles. The van der Waals surface area contributed by atoms with Crippen LogP contribution in [0.15, 0.2) is 12.1 Å². The van der Waals surface area contributed by atoms with Gasteiger partial charge in [-0.25, -0.2) is 8.78 Å². The molecule has 5 heteroatoms. The topological polar surface area (TPSA) is 38.7 Å². The van der Waals surface area contributed by atoms with Crippen molar-refractivity contribution in [3.8, 4) is 0 Å². The van der Waals surface area contributed by atoms with Crippen molar-refractivity contribution in [3.05, 3.63) is 34.9 Å². The SMILES string of the molecule is COC1(C(O)c2c(F)ccc(C)c2F)CCOCC1. The Morgan fingerprint density at radius 3 is 2.53 bits per heavy atom. The Hall–Kier alpha value is -1.04. The van der Waals surface area contributed by atoms with Crippen LogP contribution in [0.4, 0.5) is 8.78 Å². The summed E-state index contributed by atoms with van der Waals surface area (Å²) in [6, 6.07) is 2.52. The van der Waals surface area contributed by atoms with Gasteiger partial charge in [0.05, 0.1) is 5.56 Å². The molecule has 1 N–H and O–H groups in total. The monoisotopic (exact) mass is 272 g/mol. The molecule has 0 amide bonds. The van der Waals surface area contributed by atoms with Crippen LogP contribution >= 0.6 is 0 Å². The fourth-order valence-corrected chi connectivity index (χ4v) is 2.50. The van der Waals surface area contributed by atoms with Gasteiger partial charge in [0.15, 0.2) is 0 Å². The van der Waals surface area contributed by atoms with Crippen LogP contribution in [-0.2, 0) is 9.47 Å². The minimum absolute atomic E-state index is 0.300. The average Bonchev–Trinajstić information content (AvgIpc) is 2.44. The number of benzene rings is 1. The van der Waals surface area contributed by atoms with Gasteiger partial charge in [0.2, 0.25) is 0 Å². The standard InChI is InChI=1S/C14H18F2O3/c1-9-3-4-10(15)11(12(9)16)13(17)14(18-2)5-7-19-8-6-14/h3-4,13,17H,5-8H2,1-2H3. The Bertz CT molecular complexity index is 456. The largest absolute Gasteiger partial charge is 0.385 e. The van der Waals surface area contributed by atoms with Crippen molar-refractivity contribution in [1.82, 2.24) is 0 Å². The van der Waals surface area contributed by atoms with E-state index in [2.05, 4.69) is 0 Å². The van der Waals surface area contributed by atoms with Gasteiger partial charge in [-0.15, -0.1) is 0 Å². The van der Waals surface area contributed by atoms with E-state index in [1.54, 1.807) is 0 Å². The first-order valence-corrected chi connectivity index (χ1v) is 6.27. The van der Waals surface area contributed by atoms with Crippen LogP contribution in [0, 0.1) is 18.6 Å². The van der Waals surface area contributed by atoms with Crippen LogP contribution in [0.5, 0.6) is 0 Å². The van der Waals surface area contributed by atoms with E-state index in [4.69, 9.17) is 9.47 Å². The molecular formula is C14H18F2O3. The normalized spacial score (nSPS) is 20.3. The van der Waals surface area contributed by atoms with Gasteiger partial charge in [-0.3, -0.25) is 0 Å². The second-order valence-corrected chi connectivity index (χ2v) is 4.88. The number of methoxy groups -OCH3 is 1. The minimum Gasteiger partial charge on any atom is -0.385 e. The summed E-state index contributed by atoms with van der Waals surface area (Å²) in [5.74, 6) is -1.46. The zero-order valence-corrected chi connectivity index (χ0v) is 11.1. The molecule has 0 bridgehead atoms. The van der Waals surface area contributed by atoms with Crippen molar-refractivity contribution in [2.75, 3.05) is 20.3 Å². The molecule has 1 atom stereocenters. The number of hydrogen-bond donors (Lipinski definition) is 1. The summed E-state index contributed by atoms with van der Waals surface area (Å²) in [6.07, 6.45) is -0.545. The maximum absolute atomic E-state index is 14.1. The Labute approximate surface area is 111 Å². The first-order chi connectivity index (χ1) is 9.02. The summed E-state index contributed by atoms with van der Waals surface area (Å²) in [5, 5.41) is 10.4. The molecule has 1 aromatic rings. The molecular weight excluding hydrogens is 254 g/mol. The average molecular weight is 272 g/mol. The first-order valence-electron chi connectivity index (χ1n) is 6.27. The van der Waals surface area contributed by atoms with Crippen LogP contribution in [0.25, 0.3) is 0 Å². The summed E-state index contributed by atoms with van der Waals surface area (Å²) in [6.45, 7) is 2.34. The summed E-state index contributed by atoms with van der Waals surface area (Å²) in [7, 11) is 1.44. The predicted octanol–water partition coefficient (Wildman–Crippen LogP) is 2.50. The van der Waals surface area contributed by atoms with Crippen LogP contribution in [-0.4, -0.2) is 31.0 Å². The Morgan fingerprint density at radius 1 is 1.32 bits per heavy atom. The summed E-state index contributed by atoms with van der Waals surface area (Å²) in [4.78, 5) is 0. The third-order valence-electron chi connectivity index (χ3n) is 3.84. The highest BCUT2D eigenvalue weighted by Crippen LogP contribution is 2.39.